The summed E-state index contributed by atoms with van der Waals surface area (Å²) >= 11 is 0. The number of ether oxygens (including phenoxy) is 1. The first-order valence-electron chi connectivity index (χ1n) is 17.8. The van der Waals surface area contributed by atoms with Gasteiger partial charge in [-0.15, -0.1) is 0 Å². The van der Waals surface area contributed by atoms with E-state index in [2.05, 4.69) is 29.0 Å². The molecule has 0 aromatic heterocycles. The Kier molecular flexibility index (Phi) is 10.1. The number of carbonyl (C=O) groups is 2. The lowest BCUT2D eigenvalue weighted by atomic mass is 9.85. The second-order valence-electron chi connectivity index (χ2n) is 14.6. The maximum absolute atomic E-state index is 17.7. The van der Waals surface area contributed by atoms with Crippen molar-refractivity contribution in [2.24, 2.45) is 17.8 Å². The van der Waals surface area contributed by atoms with E-state index in [0.29, 0.717) is 63.3 Å². The lowest BCUT2D eigenvalue weighted by Gasteiger charge is -2.35. The second-order valence-corrected chi connectivity index (χ2v) is 14.6. The number of likely N-dealkylation sites (tertiary alicyclic amines) is 2. The molecule has 47 heavy (non-hydrogen) atoms. The number of alkyl halides is 1. The Morgan fingerprint density at radius 1 is 0.979 bits per heavy atom. The fraction of sp³-hybridized carbons (Fsp3) is 0.632. The topological polar surface area (TPSA) is 65.1 Å². The Morgan fingerprint density at radius 2 is 1.68 bits per heavy atom. The first-order valence-corrected chi connectivity index (χ1v) is 17.8. The van der Waals surface area contributed by atoms with Gasteiger partial charge < -0.3 is 19.9 Å². The van der Waals surface area contributed by atoms with Crippen LogP contribution >= 0.6 is 0 Å². The van der Waals surface area contributed by atoms with E-state index in [4.69, 9.17) is 4.74 Å². The van der Waals surface area contributed by atoms with Gasteiger partial charge in [0.25, 0.3) is 5.91 Å². The highest BCUT2D eigenvalue weighted by Crippen LogP contribution is 2.47. The van der Waals surface area contributed by atoms with Gasteiger partial charge in [0, 0.05) is 75.8 Å². The van der Waals surface area contributed by atoms with Crippen LogP contribution in [-0.2, 0) is 9.59 Å². The van der Waals surface area contributed by atoms with Crippen molar-refractivity contribution in [3.63, 3.8) is 0 Å². The van der Waals surface area contributed by atoms with Crippen molar-refractivity contribution in [3.05, 3.63) is 59.4 Å². The third-order valence-corrected chi connectivity index (χ3v) is 11.9. The van der Waals surface area contributed by atoms with Crippen LogP contribution in [-0.4, -0.2) is 86.8 Å². The fourth-order valence-corrected chi connectivity index (χ4v) is 8.91. The molecule has 2 aromatic carbocycles. The third-order valence-electron chi connectivity index (χ3n) is 11.9. The number of anilines is 1. The molecule has 0 bridgehead atoms. The molecule has 3 aliphatic heterocycles. The van der Waals surface area contributed by atoms with Crippen LogP contribution in [0.3, 0.4) is 0 Å². The van der Waals surface area contributed by atoms with Gasteiger partial charge in [-0.25, -0.2) is 8.78 Å². The average molecular weight is 651 g/mol. The lowest BCUT2D eigenvalue weighted by Crippen LogP contribution is -2.50. The Hall–Kier alpha value is -3.20. The summed E-state index contributed by atoms with van der Waals surface area (Å²) in [5.41, 5.74) is 0.633. The summed E-state index contributed by atoms with van der Waals surface area (Å²) in [5.74, 6) is 0.225. The predicted molar refractivity (Wildman–Crippen MR) is 181 cm³/mol. The van der Waals surface area contributed by atoms with Crippen LogP contribution in [0, 0.1) is 23.6 Å². The quantitative estimate of drug-likeness (QED) is 0.372. The summed E-state index contributed by atoms with van der Waals surface area (Å²) in [7, 11) is 3.28. The van der Waals surface area contributed by atoms with Crippen molar-refractivity contribution in [2.45, 2.75) is 82.3 Å². The van der Waals surface area contributed by atoms with Crippen molar-refractivity contribution < 1.29 is 23.1 Å². The number of benzene rings is 2. The second kappa shape index (κ2) is 14.1. The van der Waals surface area contributed by atoms with Gasteiger partial charge in [-0.1, -0.05) is 38.5 Å². The Labute approximate surface area is 279 Å². The molecule has 4 aliphatic rings. The van der Waals surface area contributed by atoms with Crippen LogP contribution < -0.4 is 15.0 Å². The number of rotatable bonds is 8. The summed E-state index contributed by atoms with van der Waals surface area (Å²) < 4.78 is 37.8. The Balaban J connectivity index is 1.25. The van der Waals surface area contributed by atoms with E-state index in [0.717, 1.165) is 48.9 Å². The van der Waals surface area contributed by atoms with Crippen LogP contribution in [0.4, 0.5) is 14.5 Å². The third kappa shape index (κ3) is 6.74. The van der Waals surface area contributed by atoms with E-state index in [1.807, 2.05) is 30.3 Å². The maximum Gasteiger partial charge on any atom is 0.262 e. The molecule has 2 amide bonds. The molecule has 1 N–H and O–H groups in total. The summed E-state index contributed by atoms with van der Waals surface area (Å²) in [5, 5.41) is 2.76. The molecular formula is C38H52F2N4O3. The summed E-state index contributed by atoms with van der Waals surface area (Å²) in [6.07, 6.45) is 6.59. The number of methoxy groups -OCH3 is 1. The molecule has 1 saturated carbocycles. The highest BCUT2D eigenvalue weighted by Gasteiger charge is 2.57. The predicted octanol–water partition coefficient (Wildman–Crippen LogP) is 6.14. The minimum Gasteiger partial charge on any atom is -0.497 e. The largest absolute Gasteiger partial charge is 0.497 e. The van der Waals surface area contributed by atoms with Crippen molar-refractivity contribution in [1.82, 2.24) is 15.1 Å². The average Bonchev–Trinajstić information content (AvgIpc) is 3.70. The van der Waals surface area contributed by atoms with Crippen LogP contribution in [0.15, 0.2) is 42.5 Å². The van der Waals surface area contributed by atoms with Gasteiger partial charge >= 0.3 is 0 Å². The monoisotopic (exact) mass is 650 g/mol. The van der Waals surface area contributed by atoms with E-state index in [1.54, 1.807) is 25.1 Å². The lowest BCUT2D eigenvalue weighted by molar-refractivity contribution is -0.143. The highest BCUT2D eigenvalue weighted by molar-refractivity contribution is 5.88. The molecule has 3 heterocycles. The molecule has 256 valence electrons. The van der Waals surface area contributed by atoms with Gasteiger partial charge in [-0.2, -0.15) is 0 Å². The van der Waals surface area contributed by atoms with Gasteiger partial charge in [-0.05, 0) is 85.8 Å². The highest BCUT2D eigenvalue weighted by atomic mass is 19.1. The first kappa shape index (κ1) is 33.7. The normalized spacial score (nSPS) is 30.5. The van der Waals surface area contributed by atoms with E-state index in [-0.39, 0.29) is 36.0 Å². The van der Waals surface area contributed by atoms with Gasteiger partial charge in [0.15, 0.2) is 0 Å². The van der Waals surface area contributed by atoms with E-state index < -0.39 is 17.5 Å². The number of nitrogens with zero attached hydrogens (tertiary/aromatic N) is 3. The SMILES string of the molecule is CC[C@H]1CN(C(=O)[C@]2(F)CN(C3CCC(C)CC3)C[C@H]2c2ccc(OC)cc2)C[C@@H]1c1ccc(F)cc1N1CCC(C(=O)NC)CC1. The summed E-state index contributed by atoms with van der Waals surface area (Å²) in [6, 6.07) is 12.8. The minimum absolute atomic E-state index is 0.0309. The number of amides is 2. The van der Waals surface area contributed by atoms with Crippen molar-refractivity contribution >= 4 is 17.5 Å². The van der Waals surface area contributed by atoms with E-state index >= 15 is 4.39 Å². The molecule has 0 spiro atoms. The molecule has 4 fully saturated rings. The molecule has 7 nitrogen and oxygen atoms in total. The van der Waals surface area contributed by atoms with E-state index in [9.17, 15) is 14.0 Å². The summed E-state index contributed by atoms with van der Waals surface area (Å²) in [6.45, 7) is 7.26. The van der Waals surface area contributed by atoms with Crippen LogP contribution in [0.25, 0.3) is 0 Å². The zero-order chi connectivity index (χ0) is 33.3. The molecule has 9 heteroatoms. The number of nitrogens with one attached hydrogen (secondary N) is 1. The van der Waals surface area contributed by atoms with Gasteiger partial charge in [-0.3, -0.25) is 14.5 Å². The first-order chi connectivity index (χ1) is 22.6. The molecule has 6 rings (SSSR count). The van der Waals surface area contributed by atoms with Crippen LogP contribution in [0.2, 0.25) is 0 Å². The molecule has 2 aromatic rings. The smallest absolute Gasteiger partial charge is 0.262 e. The van der Waals surface area contributed by atoms with Gasteiger partial charge in [0.05, 0.1) is 7.11 Å². The van der Waals surface area contributed by atoms with Crippen LogP contribution in [0.5, 0.6) is 5.75 Å². The molecule has 0 unspecified atom stereocenters. The van der Waals surface area contributed by atoms with Crippen molar-refractivity contribution in [2.75, 3.05) is 58.3 Å². The zero-order valence-corrected chi connectivity index (χ0v) is 28.5. The molecule has 4 atom stereocenters. The number of hydrogen-bond donors (Lipinski definition) is 1. The zero-order valence-electron chi connectivity index (χ0n) is 28.5. The van der Waals surface area contributed by atoms with Crippen LogP contribution in [0.1, 0.15) is 81.8 Å². The molecule has 1 aliphatic carbocycles. The number of halogens is 2. The Morgan fingerprint density at radius 3 is 2.32 bits per heavy atom. The molecular weight excluding hydrogens is 598 g/mol. The molecule has 3 saturated heterocycles. The number of carbonyl (C=O) groups excluding carboxylic acids is 2. The van der Waals surface area contributed by atoms with Crippen molar-refractivity contribution in [3.8, 4) is 5.75 Å². The standard InChI is InChI=1S/C38H52F2N4O3/c1-5-26-21-43(22-33(26)32-15-10-29(39)20-35(32)42-18-16-28(17-19-42)36(45)41-3)37(46)38(40)24-44(30-11-6-25(2)7-12-30)23-34(38)27-8-13-31(47-4)14-9-27/h8-10,13-15,20,25-26,28,30,33-34H,5-7,11-12,16-19,21-24H2,1-4H3,(H,41,45)/t25?,26-,30?,33-,34-,38-/m0/s1. The minimum atomic E-state index is -2.04. The number of piperidine rings is 1. The fourth-order valence-electron chi connectivity index (χ4n) is 8.91. The number of hydrogen-bond acceptors (Lipinski definition) is 5. The maximum atomic E-state index is 17.7. The van der Waals surface area contributed by atoms with E-state index in [1.165, 1.54) is 6.07 Å². The molecule has 0 radical (unpaired) electrons. The van der Waals surface area contributed by atoms with Crippen molar-refractivity contribution in [1.29, 1.82) is 0 Å². The van der Waals surface area contributed by atoms with Gasteiger partial charge in [0.1, 0.15) is 11.6 Å². The van der Waals surface area contributed by atoms with Gasteiger partial charge in [0.2, 0.25) is 11.6 Å². The Bertz CT molecular complexity index is 1410. The summed E-state index contributed by atoms with van der Waals surface area (Å²) in [4.78, 5) is 33.0.